The minimum absolute atomic E-state index is 0.00902. The van der Waals surface area contributed by atoms with Crippen molar-refractivity contribution in [2.45, 2.75) is 13.8 Å². The molecule has 0 fully saturated rings. The lowest BCUT2D eigenvalue weighted by molar-refractivity contribution is -0.384. The lowest BCUT2D eigenvalue weighted by Crippen LogP contribution is -1.98. The quantitative estimate of drug-likeness (QED) is 0.508. The first-order valence-electron chi connectivity index (χ1n) is 7.63. The van der Waals surface area contributed by atoms with Crippen molar-refractivity contribution in [1.29, 1.82) is 0 Å². The molecule has 0 radical (unpaired) electrons. The molecule has 0 aliphatic heterocycles. The molecule has 1 aromatic carbocycles. The van der Waals surface area contributed by atoms with E-state index in [0.717, 1.165) is 27.9 Å². The Balaban J connectivity index is 1.87. The molecule has 25 heavy (non-hydrogen) atoms. The molecule has 0 atom stereocenters. The minimum Gasteiger partial charge on any atom is -0.362 e. The molecule has 2 N–H and O–H groups in total. The van der Waals surface area contributed by atoms with Gasteiger partial charge in [0.2, 0.25) is 5.95 Å². The summed E-state index contributed by atoms with van der Waals surface area (Å²) in [5.41, 5.74) is 2.21. The molecule has 128 valence electrons. The smallest absolute Gasteiger partial charge is 0.271 e. The Morgan fingerprint density at radius 3 is 2.88 bits per heavy atom. The Hall–Kier alpha value is -3.07. The van der Waals surface area contributed by atoms with Gasteiger partial charge in [-0.3, -0.25) is 10.1 Å². The predicted molar refractivity (Wildman–Crippen MR) is 98.4 cm³/mol. The highest BCUT2D eigenvalue weighted by Gasteiger charge is 2.12. The Morgan fingerprint density at radius 2 is 2.12 bits per heavy atom. The fourth-order valence-corrected chi connectivity index (χ4v) is 3.24. The second kappa shape index (κ2) is 7.22. The molecule has 8 nitrogen and oxygen atoms in total. The predicted octanol–water partition coefficient (Wildman–Crippen LogP) is 3.99. The number of hydrogen-bond donors (Lipinski definition) is 2. The van der Waals surface area contributed by atoms with Crippen LogP contribution in [-0.2, 0) is 0 Å². The molecule has 2 heterocycles. The highest BCUT2D eigenvalue weighted by molar-refractivity contribution is 7.19. The lowest BCUT2D eigenvalue weighted by Gasteiger charge is -2.06. The van der Waals surface area contributed by atoms with Gasteiger partial charge in [-0.2, -0.15) is 0 Å². The molecule has 0 saturated heterocycles. The monoisotopic (exact) mass is 356 g/mol. The van der Waals surface area contributed by atoms with Crippen molar-refractivity contribution < 1.29 is 4.92 Å². The van der Waals surface area contributed by atoms with Crippen LogP contribution < -0.4 is 10.6 Å². The van der Waals surface area contributed by atoms with Crippen molar-refractivity contribution in [3.63, 3.8) is 0 Å². The Kier molecular flexibility index (Phi) is 4.85. The zero-order chi connectivity index (χ0) is 17.8. The van der Waals surface area contributed by atoms with E-state index >= 15 is 0 Å². The fourth-order valence-electron chi connectivity index (χ4n) is 2.23. The molecule has 9 heteroatoms. The summed E-state index contributed by atoms with van der Waals surface area (Å²) in [7, 11) is 0. The van der Waals surface area contributed by atoms with Gasteiger partial charge in [-0.15, -0.1) is 0 Å². The highest BCUT2D eigenvalue weighted by Crippen LogP contribution is 2.32. The fraction of sp³-hybridized carbons (Fsp3) is 0.188. The van der Waals surface area contributed by atoms with Crippen molar-refractivity contribution in [3.05, 3.63) is 52.3 Å². The van der Waals surface area contributed by atoms with Crippen molar-refractivity contribution in [2.24, 2.45) is 0 Å². The number of nitrogens with one attached hydrogen (secondary N) is 2. The van der Waals surface area contributed by atoms with Gasteiger partial charge in [-0.05, 0) is 26.0 Å². The number of anilines is 3. The molecule has 0 bridgehead atoms. The highest BCUT2D eigenvalue weighted by atomic mass is 32.1. The third-order valence-corrected chi connectivity index (χ3v) is 4.46. The number of nitrogens with zero attached hydrogens (tertiary/aromatic N) is 4. The maximum atomic E-state index is 10.9. The van der Waals surface area contributed by atoms with E-state index in [-0.39, 0.29) is 5.69 Å². The summed E-state index contributed by atoms with van der Waals surface area (Å²) >= 11 is 1.53. The Bertz CT molecular complexity index is 911. The van der Waals surface area contributed by atoms with Crippen LogP contribution >= 0.6 is 11.3 Å². The third kappa shape index (κ3) is 3.89. The van der Waals surface area contributed by atoms with Crippen LogP contribution in [0.3, 0.4) is 0 Å². The molecule has 0 unspecified atom stereocenters. The molecule has 0 saturated carbocycles. The molecule has 0 amide bonds. The molecule has 3 rings (SSSR count). The standard InChI is InChI=1S/C16H16N6O2S/c1-3-17-16-19-10(2)14(25-16)13-7-8-18-15(21-13)20-11-5-4-6-12(9-11)22(23)24/h4-9H,3H2,1-2H3,(H,17,19)(H,18,20,21). The summed E-state index contributed by atoms with van der Waals surface area (Å²) in [6, 6.07) is 8.03. The van der Waals surface area contributed by atoms with Crippen molar-refractivity contribution in [1.82, 2.24) is 15.0 Å². The average molecular weight is 356 g/mol. The number of nitro benzene ring substituents is 1. The van der Waals surface area contributed by atoms with Gasteiger partial charge in [0.05, 0.1) is 21.2 Å². The number of thiazole rings is 1. The van der Waals surface area contributed by atoms with Gasteiger partial charge in [-0.25, -0.2) is 15.0 Å². The van der Waals surface area contributed by atoms with E-state index in [9.17, 15) is 10.1 Å². The Morgan fingerprint density at radius 1 is 1.28 bits per heavy atom. The van der Waals surface area contributed by atoms with Gasteiger partial charge in [-0.1, -0.05) is 17.4 Å². The van der Waals surface area contributed by atoms with E-state index in [1.165, 1.54) is 23.5 Å². The van der Waals surface area contributed by atoms with E-state index in [1.807, 2.05) is 19.9 Å². The number of aromatic nitrogens is 3. The van der Waals surface area contributed by atoms with Crippen molar-refractivity contribution in [3.8, 4) is 10.6 Å². The third-order valence-electron chi connectivity index (χ3n) is 3.33. The first-order chi connectivity index (χ1) is 12.1. The SMILES string of the molecule is CCNc1nc(C)c(-c2ccnc(Nc3cccc([N+](=O)[O-])c3)n2)s1. The molecular weight excluding hydrogens is 340 g/mol. The molecular formula is C16H16N6O2S. The number of aryl methyl sites for hydroxylation is 1. The summed E-state index contributed by atoms with van der Waals surface area (Å²) in [5, 5.41) is 17.9. The number of rotatable bonds is 6. The first-order valence-corrected chi connectivity index (χ1v) is 8.44. The van der Waals surface area contributed by atoms with Crippen LogP contribution in [0.2, 0.25) is 0 Å². The maximum absolute atomic E-state index is 10.9. The number of hydrogen-bond acceptors (Lipinski definition) is 8. The van der Waals surface area contributed by atoms with E-state index in [1.54, 1.807) is 18.3 Å². The van der Waals surface area contributed by atoms with Gasteiger partial charge >= 0.3 is 0 Å². The van der Waals surface area contributed by atoms with Gasteiger partial charge in [0, 0.05) is 30.6 Å². The summed E-state index contributed by atoms with van der Waals surface area (Å²) in [5.74, 6) is 0.371. The molecule has 2 aromatic heterocycles. The topological polar surface area (TPSA) is 106 Å². The van der Waals surface area contributed by atoms with Crippen molar-refractivity contribution >= 4 is 33.8 Å². The second-order valence-corrected chi connectivity index (χ2v) is 6.16. The van der Waals surface area contributed by atoms with Crippen LogP contribution in [0, 0.1) is 17.0 Å². The zero-order valence-corrected chi connectivity index (χ0v) is 14.5. The summed E-state index contributed by atoms with van der Waals surface area (Å²) in [6.07, 6.45) is 1.65. The van der Waals surface area contributed by atoms with E-state index in [0.29, 0.717) is 11.6 Å². The lowest BCUT2D eigenvalue weighted by atomic mass is 10.3. The Labute approximate surface area is 148 Å². The molecule has 0 aliphatic rings. The molecule has 0 aliphatic carbocycles. The molecule has 3 aromatic rings. The summed E-state index contributed by atoms with van der Waals surface area (Å²) in [6.45, 7) is 4.75. The van der Waals surface area contributed by atoms with Gasteiger partial charge < -0.3 is 10.6 Å². The van der Waals surface area contributed by atoms with Crippen LogP contribution in [0.25, 0.3) is 10.6 Å². The minimum atomic E-state index is -0.439. The van der Waals surface area contributed by atoms with E-state index in [4.69, 9.17) is 0 Å². The first kappa shape index (κ1) is 16.8. The van der Waals surface area contributed by atoms with Crippen LogP contribution in [0.1, 0.15) is 12.6 Å². The van der Waals surface area contributed by atoms with Crippen molar-refractivity contribution in [2.75, 3.05) is 17.2 Å². The van der Waals surface area contributed by atoms with Crippen LogP contribution in [0.4, 0.5) is 22.5 Å². The van der Waals surface area contributed by atoms with Crippen LogP contribution in [0.5, 0.6) is 0 Å². The largest absolute Gasteiger partial charge is 0.362 e. The number of nitro groups is 1. The van der Waals surface area contributed by atoms with Gasteiger partial charge in [0.1, 0.15) is 0 Å². The zero-order valence-electron chi connectivity index (χ0n) is 13.7. The maximum Gasteiger partial charge on any atom is 0.271 e. The van der Waals surface area contributed by atoms with Crippen LogP contribution in [-0.4, -0.2) is 26.4 Å². The van der Waals surface area contributed by atoms with Crippen LogP contribution in [0.15, 0.2) is 36.5 Å². The summed E-state index contributed by atoms with van der Waals surface area (Å²) in [4.78, 5) is 24.5. The average Bonchev–Trinajstić information content (AvgIpc) is 2.96. The van der Waals surface area contributed by atoms with Gasteiger partial charge in [0.15, 0.2) is 5.13 Å². The summed E-state index contributed by atoms with van der Waals surface area (Å²) < 4.78 is 0. The second-order valence-electron chi connectivity index (χ2n) is 5.16. The van der Waals surface area contributed by atoms with E-state index < -0.39 is 4.92 Å². The number of non-ortho nitro benzene ring substituents is 1. The van der Waals surface area contributed by atoms with E-state index in [2.05, 4.69) is 25.6 Å². The normalized spacial score (nSPS) is 10.5. The molecule has 0 spiro atoms. The number of benzene rings is 1. The van der Waals surface area contributed by atoms with Gasteiger partial charge in [0.25, 0.3) is 5.69 Å².